The Morgan fingerprint density at radius 1 is 1.27 bits per heavy atom. The molecule has 2 aliphatic heterocycles. The first-order valence-electron chi connectivity index (χ1n) is 7.77. The van der Waals surface area contributed by atoms with Gasteiger partial charge in [0.15, 0.2) is 5.82 Å². The minimum absolute atomic E-state index is 0.0840. The van der Waals surface area contributed by atoms with Crippen LogP contribution in [0.3, 0.4) is 0 Å². The standard InChI is InChI=1S/C15H22N4O2S/c1-21-14-5-4-13(16-17-14)19-6-2-3-12(11-19)15(20)18-7-9-22-10-8-18/h4-5,12H,2-3,6-11H2,1H3. The number of hydrogen-bond donors (Lipinski definition) is 0. The highest BCUT2D eigenvalue weighted by atomic mass is 32.2. The predicted octanol–water partition coefficient (Wildman–Crippen LogP) is 1.28. The van der Waals surface area contributed by atoms with Gasteiger partial charge >= 0.3 is 0 Å². The van der Waals surface area contributed by atoms with Crippen molar-refractivity contribution in [1.29, 1.82) is 0 Å². The third kappa shape index (κ3) is 3.45. The summed E-state index contributed by atoms with van der Waals surface area (Å²) in [6, 6.07) is 3.73. The van der Waals surface area contributed by atoms with E-state index in [1.807, 2.05) is 28.8 Å². The number of rotatable bonds is 3. The number of ether oxygens (including phenoxy) is 1. The van der Waals surface area contributed by atoms with Crippen LogP contribution in [-0.2, 0) is 4.79 Å². The van der Waals surface area contributed by atoms with Crippen molar-refractivity contribution in [1.82, 2.24) is 15.1 Å². The molecule has 6 nitrogen and oxygen atoms in total. The van der Waals surface area contributed by atoms with Crippen molar-refractivity contribution < 1.29 is 9.53 Å². The molecule has 2 fully saturated rings. The van der Waals surface area contributed by atoms with Gasteiger partial charge in [-0.1, -0.05) is 0 Å². The molecule has 1 aromatic heterocycles. The average molecular weight is 322 g/mol. The molecule has 3 rings (SSSR count). The molecule has 1 aromatic rings. The molecule has 22 heavy (non-hydrogen) atoms. The number of carbonyl (C=O) groups is 1. The summed E-state index contributed by atoms with van der Waals surface area (Å²) in [5, 5.41) is 8.22. The predicted molar refractivity (Wildman–Crippen MR) is 87.4 cm³/mol. The Hall–Kier alpha value is -1.50. The van der Waals surface area contributed by atoms with E-state index in [0.29, 0.717) is 11.8 Å². The van der Waals surface area contributed by atoms with Crippen molar-refractivity contribution in [3.63, 3.8) is 0 Å². The maximum absolute atomic E-state index is 12.7. The van der Waals surface area contributed by atoms with Crippen LogP contribution in [0.5, 0.6) is 5.88 Å². The molecule has 3 heterocycles. The van der Waals surface area contributed by atoms with Gasteiger partial charge in [0.2, 0.25) is 11.8 Å². The van der Waals surface area contributed by atoms with Crippen LogP contribution >= 0.6 is 11.8 Å². The molecule has 1 amide bonds. The summed E-state index contributed by atoms with van der Waals surface area (Å²) < 4.78 is 5.04. The van der Waals surface area contributed by atoms with E-state index in [9.17, 15) is 4.79 Å². The van der Waals surface area contributed by atoms with E-state index in [-0.39, 0.29) is 5.92 Å². The molecule has 0 bridgehead atoms. The second kappa shape index (κ2) is 7.17. The number of anilines is 1. The number of amides is 1. The Labute approximate surface area is 135 Å². The molecule has 120 valence electrons. The highest BCUT2D eigenvalue weighted by Crippen LogP contribution is 2.24. The number of nitrogens with zero attached hydrogens (tertiary/aromatic N) is 4. The molecule has 0 aromatic carbocycles. The van der Waals surface area contributed by atoms with Crippen LogP contribution in [0.15, 0.2) is 12.1 Å². The fourth-order valence-corrected chi connectivity index (χ4v) is 3.92. The van der Waals surface area contributed by atoms with E-state index in [0.717, 1.165) is 56.3 Å². The molecule has 0 aliphatic carbocycles. The fourth-order valence-electron chi connectivity index (χ4n) is 3.02. The lowest BCUT2D eigenvalue weighted by molar-refractivity contribution is -0.135. The zero-order chi connectivity index (χ0) is 15.4. The Kier molecular flexibility index (Phi) is 5.02. The molecular formula is C15H22N4O2S. The van der Waals surface area contributed by atoms with Gasteiger partial charge in [0, 0.05) is 43.8 Å². The van der Waals surface area contributed by atoms with Gasteiger partial charge in [-0.05, 0) is 18.9 Å². The number of carbonyl (C=O) groups excluding carboxylic acids is 1. The normalized spacial score (nSPS) is 22.5. The van der Waals surface area contributed by atoms with Crippen molar-refractivity contribution in [3.05, 3.63) is 12.1 Å². The highest BCUT2D eigenvalue weighted by molar-refractivity contribution is 7.99. The van der Waals surface area contributed by atoms with Gasteiger partial charge in [-0.3, -0.25) is 4.79 Å². The second-order valence-electron chi connectivity index (χ2n) is 5.66. The zero-order valence-electron chi connectivity index (χ0n) is 12.9. The molecule has 0 radical (unpaired) electrons. The van der Waals surface area contributed by atoms with Crippen molar-refractivity contribution in [2.24, 2.45) is 5.92 Å². The van der Waals surface area contributed by atoms with E-state index in [4.69, 9.17) is 4.74 Å². The van der Waals surface area contributed by atoms with Gasteiger partial charge in [-0.25, -0.2) is 0 Å². The third-order valence-corrected chi connectivity index (χ3v) is 5.20. The van der Waals surface area contributed by atoms with Gasteiger partial charge < -0.3 is 14.5 Å². The van der Waals surface area contributed by atoms with Crippen LogP contribution in [0.25, 0.3) is 0 Å². The van der Waals surface area contributed by atoms with Gasteiger partial charge in [0.1, 0.15) is 0 Å². The number of methoxy groups -OCH3 is 1. The second-order valence-corrected chi connectivity index (χ2v) is 6.88. The summed E-state index contributed by atoms with van der Waals surface area (Å²) >= 11 is 1.93. The summed E-state index contributed by atoms with van der Waals surface area (Å²) in [5.74, 6) is 3.86. The smallest absolute Gasteiger partial charge is 0.233 e. The maximum Gasteiger partial charge on any atom is 0.233 e. The SMILES string of the molecule is COc1ccc(N2CCCC(C(=O)N3CCSCC3)C2)nn1. The van der Waals surface area contributed by atoms with Crippen molar-refractivity contribution in [3.8, 4) is 5.88 Å². The lowest BCUT2D eigenvalue weighted by Crippen LogP contribution is -2.47. The lowest BCUT2D eigenvalue weighted by Gasteiger charge is -2.36. The molecule has 0 spiro atoms. The quantitative estimate of drug-likeness (QED) is 0.835. The molecule has 0 saturated carbocycles. The van der Waals surface area contributed by atoms with E-state index in [1.165, 1.54) is 0 Å². The van der Waals surface area contributed by atoms with Crippen LogP contribution < -0.4 is 9.64 Å². The molecule has 2 aliphatic rings. The topological polar surface area (TPSA) is 58.6 Å². The van der Waals surface area contributed by atoms with E-state index < -0.39 is 0 Å². The van der Waals surface area contributed by atoms with Crippen LogP contribution in [0.4, 0.5) is 5.82 Å². The van der Waals surface area contributed by atoms with Crippen LogP contribution in [-0.4, -0.2) is 65.8 Å². The van der Waals surface area contributed by atoms with Crippen LogP contribution in [0, 0.1) is 5.92 Å². The molecule has 0 N–H and O–H groups in total. The number of aromatic nitrogens is 2. The number of hydrogen-bond acceptors (Lipinski definition) is 6. The summed E-state index contributed by atoms with van der Waals surface area (Å²) in [7, 11) is 1.58. The molecule has 2 saturated heterocycles. The average Bonchev–Trinajstić information content (AvgIpc) is 2.62. The highest BCUT2D eigenvalue weighted by Gasteiger charge is 2.30. The summed E-state index contributed by atoms with van der Waals surface area (Å²) in [6.45, 7) is 3.45. The Balaban J connectivity index is 1.64. The van der Waals surface area contributed by atoms with Gasteiger partial charge in [-0.2, -0.15) is 11.8 Å². The Morgan fingerprint density at radius 3 is 2.77 bits per heavy atom. The zero-order valence-corrected chi connectivity index (χ0v) is 13.7. The van der Waals surface area contributed by atoms with E-state index >= 15 is 0 Å². The minimum Gasteiger partial charge on any atom is -0.480 e. The minimum atomic E-state index is 0.0840. The largest absolute Gasteiger partial charge is 0.480 e. The summed E-state index contributed by atoms with van der Waals surface area (Å²) in [6.07, 6.45) is 2.00. The summed E-state index contributed by atoms with van der Waals surface area (Å²) in [5.41, 5.74) is 0. The van der Waals surface area contributed by atoms with E-state index in [2.05, 4.69) is 15.1 Å². The Bertz CT molecular complexity index is 505. The molecule has 1 unspecified atom stereocenters. The van der Waals surface area contributed by atoms with Crippen LogP contribution in [0.2, 0.25) is 0 Å². The molecule has 1 atom stereocenters. The van der Waals surface area contributed by atoms with Crippen LogP contribution in [0.1, 0.15) is 12.8 Å². The Morgan fingerprint density at radius 2 is 2.09 bits per heavy atom. The maximum atomic E-state index is 12.7. The lowest BCUT2D eigenvalue weighted by atomic mass is 9.96. The third-order valence-electron chi connectivity index (χ3n) is 4.25. The first-order chi connectivity index (χ1) is 10.8. The van der Waals surface area contributed by atoms with Crippen molar-refractivity contribution in [2.45, 2.75) is 12.8 Å². The van der Waals surface area contributed by atoms with Gasteiger partial charge in [0.25, 0.3) is 0 Å². The van der Waals surface area contributed by atoms with Crippen molar-refractivity contribution >= 4 is 23.5 Å². The number of thioether (sulfide) groups is 1. The first-order valence-corrected chi connectivity index (χ1v) is 8.92. The van der Waals surface area contributed by atoms with Gasteiger partial charge in [-0.15, -0.1) is 10.2 Å². The fraction of sp³-hybridized carbons (Fsp3) is 0.667. The number of piperidine rings is 1. The van der Waals surface area contributed by atoms with E-state index in [1.54, 1.807) is 7.11 Å². The first kappa shape index (κ1) is 15.4. The molecule has 7 heteroatoms. The van der Waals surface area contributed by atoms with Crippen molar-refractivity contribution in [2.75, 3.05) is 49.7 Å². The van der Waals surface area contributed by atoms with Gasteiger partial charge in [0.05, 0.1) is 13.0 Å². The summed E-state index contributed by atoms with van der Waals surface area (Å²) in [4.78, 5) is 16.9. The molecular weight excluding hydrogens is 300 g/mol. The monoisotopic (exact) mass is 322 g/mol.